The van der Waals surface area contributed by atoms with Gasteiger partial charge < -0.3 is 15.1 Å². The minimum absolute atomic E-state index is 0.104. The van der Waals surface area contributed by atoms with Crippen LogP contribution < -0.4 is 10.2 Å². The summed E-state index contributed by atoms with van der Waals surface area (Å²) in [5.41, 5.74) is 4.82. The van der Waals surface area contributed by atoms with Crippen LogP contribution >= 0.6 is 0 Å². The molecule has 0 aliphatic carbocycles. The molecule has 6 heteroatoms. The highest BCUT2D eigenvalue weighted by atomic mass is 16.2. The monoisotopic (exact) mass is 401 g/mol. The molecule has 2 aromatic carbocycles. The molecule has 154 valence electrons. The third-order valence-corrected chi connectivity index (χ3v) is 5.36. The Bertz CT molecular complexity index is 1040. The molecule has 3 aromatic rings. The molecule has 1 aliphatic rings. The van der Waals surface area contributed by atoms with Gasteiger partial charge in [0, 0.05) is 49.2 Å². The van der Waals surface area contributed by atoms with E-state index in [1.807, 2.05) is 80.3 Å². The van der Waals surface area contributed by atoms with E-state index in [4.69, 9.17) is 4.98 Å². The van der Waals surface area contributed by atoms with Crippen LogP contribution in [0.3, 0.4) is 0 Å². The smallest absolute Gasteiger partial charge is 0.254 e. The van der Waals surface area contributed by atoms with Crippen LogP contribution in [0.2, 0.25) is 0 Å². The van der Waals surface area contributed by atoms with Crippen LogP contribution in [0.5, 0.6) is 0 Å². The van der Waals surface area contributed by atoms with Crippen molar-refractivity contribution in [3.63, 3.8) is 0 Å². The van der Waals surface area contributed by atoms with Crippen molar-refractivity contribution in [3.05, 3.63) is 77.0 Å². The van der Waals surface area contributed by atoms with Gasteiger partial charge in [-0.3, -0.25) is 4.79 Å². The first-order chi connectivity index (χ1) is 14.5. The second-order valence-electron chi connectivity index (χ2n) is 7.78. The Morgan fingerprint density at radius 1 is 0.900 bits per heavy atom. The SMILES string of the molecule is Cc1ccc(C)c(C(=O)N2CCN(c3nc(C)cc(Nc4ccccc4)n3)CC2)c1. The van der Waals surface area contributed by atoms with Crippen LogP contribution in [0.1, 0.15) is 27.2 Å². The summed E-state index contributed by atoms with van der Waals surface area (Å²) in [6.07, 6.45) is 0. The van der Waals surface area contributed by atoms with Crippen LogP contribution in [0, 0.1) is 20.8 Å². The van der Waals surface area contributed by atoms with E-state index in [1.54, 1.807) is 0 Å². The number of nitrogens with zero attached hydrogens (tertiary/aromatic N) is 4. The molecule has 0 radical (unpaired) electrons. The lowest BCUT2D eigenvalue weighted by atomic mass is 10.0. The summed E-state index contributed by atoms with van der Waals surface area (Å²) < 4.78 is 0. The lowest BCUT2D eigenvalue weighted by Crippen LogP contribution is -2.49. The topological polar surface area (TPSA) is 61.4 Å². The third kappa shape index (κ3) is 4.43. The molecule has 0 saturated carbocycles. The minimum Gasteiger partial charge on any atom is -0.340 e. The lowest BCUT2D eigenvalue weighted by Gasteiger charge is -2.35. The summed E-state index contributed by atoms with van der Waals surface area (Å²) in [4.78, 5) is 26.4. The Hall–Kier alpha value is -3.41. The van der Waals surface area contributed by atoms with Crippen LogP contribution in [0.25, 0.3) is 0 Å². The van der Waals surface area contributed by atoms with Gasteiger partial charge in [-0.05, 0) is 44.5 Å². The Morgan fingerprint density at radius 3 is 2.37 bits per heavy atom. The standard InChI is InChI=1S/C24H27N5O/c1-17-9-10-18(2)21(15-17)23(30)28-11-13-29(14-12-28)24-25-19(3)16-22(27-24)26-20-7-5-4-6-8-20/h4-10,15-16H,11-14H2,1-3H3,(H,25,26,27). The number of hydrogen-bond acceptors (Lipinski definition) is 5. The predicted molar refractivity (Wildman–Crippen MR) is 121 cm³/mol. The van der Waals surface area contributed by atoms with E-state index in [-0.39, 0.29) is 5.91 Å². The fraction of sp³-hybridized carbons (Fsp3) is 0.292. The van der Waals surface area contributed by atoms with Crippen LogP contribution in [-0.4, -0.2) is 47.0 Å². The van der Waals surface area contributed by atoms with E-state index in [0.717, 1.165) is 33.9 Å². The highest BCUT2D eigenvalue weighted by Gasteiger charge is 2.24. The first-order valence-electron chi connectivity index (χ1n) is 10.3. The first kappa shape index (κ1) is 19.9. The normalized spacial score (nSPS) is 14.0. The van der Waals surface area contributed by atoms with Crippen molar-refractivity contribution in [2.45, 2.75) is 20.8 Å². The number of hydrogen-bond donors (Lipinski definition) is 1. The number of carbonyl (C=O) groups excluding carboxylic acids is 1. The molecule has 1 saturated heterocycles. The van der Waals surface area contributed by atoms with Crippen molar-refractivity contribution in [2.24, 2.45) is 0 Å². The van der Waals surface area contributed by atoms with Gasteiger partial charge in [-0.2, -0.15) is 4.98 Å². The van der Waals surface area contributed by atoms with Gasteiger partial charge >= 0.3 is 0 Å². The average molecular weight is 402 g/mol. The van der Waals surface area contributed by atoms with Gasteiger partial charge in [0.1, 0.15) is 5.82 Å². The molecule has 1 aliphatic heterocycles. The Morgan fingerprint density at radius 2 is 1.63 bits per heavy atom. The van der Waals surface area contributed by atoms with Gasteiger partial charge in [-0.25, -0.2) is 4.98 Å². The van der Waals surface area contributed by atoms with E-state index >= 15 is 0 Å². The quantitative estimate of drug-likeness (QED) is 0.713. The minimum atomic E-state index is 0.104. The molecule has 1 aromatic heterocycles. The summed E-state index contributed by atoms with van der Waals surface area (Å²) >= 11 is 0. The van der Waals surface area contributed by atoms with E-state index in [0.29, 0.717) is 32.1 Å². The molecule has 1 fully saturated rings. The molecule has 0 unspecified atom stereocenters. The molecule has 0 spiro atoms. The van der Waals surface area contributed by atoms with Crippen LogP contribution in [0.15, 0.2) is 54.6 Å². The van der Waals surface area contributed by atoms with Crippen molar-refractivity contribution in [1.82, 2.24) is 14.9 Å². The van der Waals surface area contributed by atoms with E-state index < -0.39 is 0 Å². The van der Waals surface area contributed by atoms with Gasteiger partial charge in [0.15, 0.2) is 0 Å². The molecular weight excluding hydrogens is 374 g/mol. The molecular formula is C24H27N5O. The van der Waals surface area contributed by atoms with Crippen molar-refractivity contribution in [3.8, 4) is 0 Å². The van der Waals surface area contributed by atoms with E-state index in [2.05, 4.69) is 15.2 Å². The van der Waals surface area contributed by atoms with Crippen molar-refractivity contribution < 1.29 is 4.79 Å². The molecule has 1 N–H and O–H groups in total. The fourth-order valence-corrected chi connectivity index (χ4v) is 3.67. The summed E-state index contributed by atoms with van der Waals surface area (Å²) in [5, 5.41) is 3.34. The van der Waals surface area contributed by atoms with Crippen molar-refractivity contribution >= 4 is 23.4 Å². The zero-order valence-corrected chi connectivity index (χ0v) is 17.7. The molecule has 4 rings (SSSR count). The second kappa shape index (κ2) is 8.53. The predicted octanol–water partition coefficient (Wildman–Crippen LogP) is 4.11. The Kier molecular flexibility index (Phi) is 5.65. The van der Waals surface area contributed by atoms with Gasteiger partial charge in [-0.15, -0.1) is 0 Å². The van der Waals surface area contributed by atoms with Crippen molar-refractivity contribution in [2.75, 3.05) is 36.4 Å². The number of anilines is 3. The lowest BCUT2D eigenvalue weighted by molar-refractivity contribution is 0.0745. The largest absolute Gasteiger partial charge is 0.340 e. The third-order valence-electron chi connectivity index (χ3n) is 5.36. The maximum absolute atomic E-state index is 13.0. The van der Waals surface area contributed by atoms with E-state index in [9.17, 15) is 4.79 Å². The van der Waals surface area contributed by atoms with Crippen LogP contribution in [0.4, 0.5) is 17.5 Å². The number of aromatic nitrogens is 2. The number of benzene rings is 2. The number of nitrogens with one attached hydrogen (secondary N) is 1. The van der Waals surface area contributed by atoms with E-state index in [1.165, 1.54) is 0 Å². The highest BCUT2D eigenvalue weighted by molar-refractivity contribution is 5.96. The molecule has 0 atom stereocenters. The van der Waals surface area contributed by atoms with Crippen molar-refractivity contribution in [1.29, 1.82) is 0 Å². The zero-order valence-electron chi connectivity index (χ0n) is 17.7. The summed E-state index contributed by atoms with van der Waals surface area (Å²) in [7, 11) is 0. The number of rotatable bonds is 4. The maximum atomic E-state index is 13.0. The highest BCUT2D eigenvalue weighted by Crippen LogP contribution is 2.20. The number of carbonyl (C=O) groups is 1. The summed E-state index contributed by atoms with van der Waals surface area (Å²) in [5.74, 6) is 1.58. The van der Waals surface area contributed by atoms with Gasteiger partial charge in [0.25, 0.3) is 5.91 Å². The Balaban J connectivity index is 1.45. The number of aryl methyl sites for hydroxylation is 3. The molecule has 0 bridgehead atoms. The van der Waals surface area contributed by atoms with Gasteiger partial charge in [0.05, 0.1) is 0 Å². The first-order valence-corrected chi connectivity index (χ1v) is 10.3. The number of para-hydroxylation sites is 1. The summed E-state index contributed by atoms with van der Waals surface area (Å²) in [6.45, 7) is 8.72. The van der Waals surface area contributed by atoms with Gasteiger partial charge in [-0.1, -0.05) is 35.9 Å². The molecule has 6 nitrogen and oxygen atoms in total. The maximum Gasteiger partial charge on any atom is 0.254 e. The second-order valence-corrected chi connectivity index (χ2v) is 7.78. The molecule has 2 heterocycles. The Labute approximate surface area is 177 Å². The van der Waals surface area contributed by atoms with Crippen LogP contribution in [-0.2, 0) is 0 Å². The number of amides is 1. The average Bonchev–Trinajstić information content (AvgIpc) is 2.75. The molecule has 1 amide bonds. The molecule has 30 heavy (non-hydrogen) atoms. The number of piperazine rings is 1. The summed E-state index contributed by atoms with van der Waals surface area (Å²) in [6, 6.07) is 18.0. The van der Waals surface area contributed by atoms with Gasteiger partial charge in [0.2, 0.25) is 5.95 Å². The fourth-order valence-electron chi connectivity index (χ4n) is 3.67. The zero-order chi connectivity index (χ0) is 21.1.